The molecule has 2 rings (SSSR count). The number of anilines is 1. The lowest BCUT2D eigenvalue weighted by Crippen LogP contribution is -2.39. The maximum atomic E-state index is 13.0. The topological polar surface area (TPSA) is 46.4 Å². The summed E-state index contributed by atoms with van der Waals surface area (Å²) in [6, 6.07) is 4.52. The summed E-state index contributed by atoms with van der Waals surface area (Å²) in [6.45, 7) is 2.33. The number of alkyl halides is 2. The molecule has 0 N–H and O–H groups in total. The lowest BCUT2D eigenvalue weighted by Gasteiger charge is -2.34. The van der Waals surface area contributed by atoms with Crippen molar-refractivity contribution in [2.24, 2.45) is 0 Å². The van der Waals surface area contributed by atoms with Crippen molar-refractivity contribution in [2.45, 2.75) is 25.7 Å². The van der Waals surface area contributed by atoms with Gasteiger partial charge in [0.05, 0.1) is 4.92 Å². The summed E-state index contributed by atoms with van der Waals surface area (Å²) in [7, 11) is 0. The zero-order valence-electron chi connectivity index (χ0n) is 10.0. The van der Waals surface area contributed by atoms with Crippen LogP contribution in [0.5, 0.6) is 0 Å². The average molecular weight is 256 g/mol. The standard InChI is InChI=1S/C12H14F2N2O2/c1-9-8-10(16(17)18)2-3-11(9)15-6-4-12(13,14)5-7-15/h2-3,8H,4-7H2,1H3. The number of hydrogen-bond donors (Lipinski definition) is 0. The van der Waals surface area contributed by atoms with Gasteiger partial charge in [0.1, 0.15) is 0 Å². The summed E-state index contributed by atoms with van der Waals surface area (Å²) in [5.41, 5.74) is 1.57. The predicted molar refractivity (Wildman–Crippen MR) is 64.2 cm³/mol. The van der Waals surface area contributed by atoms with Crippen LogP contribution in [0.4, 0.5) is 20.2 Å². The van der Waals surface area contributed by atoms with Crippen LogP contribution in [-0.4, -0.2) is 23.9 Å². The third-order valence-corrected chi connectivity index (χ3v) is 3.23. The largest absolute Gasteiger partial charge is 0.371 e. The van der Waals surface area contributed by atoms with Gasteiger partial charge in [-0.05, 0) is 18.6 Å². The fourth-order valence-electron chi connectivity index (χ4n) is 2.18. The highest BCUT2D eigenvalue weighted by atomic mass is 19.3. The summed E-state index contributed by atoms with van der Waals surface area (Å²) in [6.07, 6.45) is -0.327. The van der Waals surface area contributed by atoms with Crippen molar-refractivity contribution in [3.63, 3.8) is 0 Å². The number of non-ortho nitro benzene ring substituents is 1. The number of nitro benzene ring substituents is 1. The van der Waals surface area contributed by atoms with E-state index in [0.29, 0.717) is 0 Å². The zero-order chi connectivity index (χ0) is 13.3. The minimum atomic E-state index is -2.58. The zero-order valence-corrected chi connectivity index (χ0v) is 10.0. The molecular formula is C12H14F2N2O2. The van der Waals surface area contributed by atoms with Crippen molar-refractivity contribution >= 4 is 11.4 Å². The van der Waals surface area contributed by atoms with Crippen molar-refractivity contribution in [2.75, 3.05) is 18.0 Å². The number of piperidine rings is 1. The molecule has 1 aliphatic rings. The van der Waals surface area contributed by atoms with E-state index in [9.17, 15) is 18.9 Å². The molecule has 1 heterocycles. The molecule has 0 spiro atoms. The van der Waals surface area contributed by atoms with Gasteiger partial charge in [-0.3, -0.25) is 10.1 Å². The molecule has 98 valence electrons. The van der Waals surface area contributed by atoms with Crippen LogP contribution in [-0.2, 0) is 0 Å². The maximum Gasteiger partial charge on any atom is 0.269 e. The summed E-state index contributed by atoms with van der Waals surface area (Å²) >= 11 is 0. The lowest BCUT2D eigenvalue weighted by molar-refractivity contribution is -0.384. The van der Waals surface area contributed by atoms with Crippen molar-refractivity contribution in [1.29, 1.82) is 0 Å². The molecule has 1 aliphatic heterocycles. The number of benzene rings is 1. The molecule has 1 fully saturated rings. The molecule has 1 aromatic rings. The van der Waals surface area contributed by atoms with Gasteiger partial charge in [0.15, 0.2) is 0 Å². The van der Waals surface area contributed by atoms with Gasteiger partial charge in [0.2, 0.25) is 0 Å². The van der Waals surface area contributed by atoms with Crippen LogP contribution in [0.25, 0.3) is 0 Å². The van der Waals surface area contributed by atoms with Crippen LogP contribution in [0.3, 0.4) is 0 Å². The van der Waals surface area contributed by atoms with E-state index in [1.807, 2.05) is 4.90 Å². The molecule has 1 aromatic carbocycles. The van der Waals surface area contributed by atoms with Gasteiger partial charge in [0.25, 0.3) is 11.6 Å². The first-order valence-electron chi connectivity index (χ1n) is 5.77. The van der Waals surface area contributed by atoms with E-state index in [-0.39, 0.29) is 31.6 Å². The Hall–Kier alpha value is -1.72. The smallest absolute Gasteiger partial charge is 0.269 e. The first-order valence-corrected chi connectivity index (χ1v) is 5.77. The van der Waals surface area contributed by atoms with Gasteiger partial charge >= 0.3 is 0 Å². The first-order chi connectivity index (χ1) is 8.39. The van der Waals surface area contributed by atoms with Gasteiger partial charge in [-0.1, -0.05) is 0 Å². The molecule has 0 bridgehead atoms. The number of nitro groups is 1. The van der Waals surface area contributed by atoms with Crippen molar-refractivity contribution in [3.8, 4) is 0 Å². The second kappa shape index (κ2) is 4.51. The molecule has 0 amide bonds. The molecule has 6 heteroatoms. The summed E-state index contributed by atoms with van der Waals surface area (Å²) in [4.78, 5) is 12.0. The second-order valence-electron chi connectivity index (χ2n) is 4.57. The van der Waals surface area contributed by atoms with Gasteiger partial charge in [0, 0.05) is 43.8 Å². The summed E-state index contributed by atoms with van der Waals surface area (Å²) in [5, 5.41) is 10.6. The molecule has 0 atom stereocenters. The molecule has 0 radical (unpaired) electrons. The third-order valence-electron chi connectivity index (χ3n) is 3.23. The summed E-state index contributed by atoms with van der Waals surface area (Å²) in [5.74, 6) is -2.58. The molecule has 0 aliphatic carbocycles. The highest BCUT2D eigenvalue weighted by molar-refractivity contribution is 5.57. The third kappa shape index (κ3) is 2.57. The van der Waals surface area contributed by atoms with Crippen molar-refractivity contribution in [3.05, 3.63) is 33.9 Å². The van der Waals surface area contributed by atoms with Gasteiger partial charge in [-0.15, -0.1) is 0 Å². The fourth-order valence-corrected chi connectivity index (χ4v) is 2.18. The van der Waals surface area contributed by atoms with E-state index in [1.54, 1.807) is 13.0 Å². The highest BCUT2D eigenvalue weighted by Gasteiger charge is 2.34. The highest BCUT2D eigenvalue weighted by Crippen LogP contribution is 2.32. The van der Waals surface area contributed by atoms with E-state index in [0.717, 1.165) is 11.3 Å². The summed E-state index contributed by atoms with van der Waals surface area (Å²) < 4.78 is 26.1. The van der Waals surface area contributed by atoms with Crippen LogP contribution in [0.2, 0.25) is 0 Å². The molecule has 1 saturated heterocycles. The Kier molecular flexibility index (Phi) is 3.19. The lowest BCUT2D eigenvalue weighted by atomic mass is 10.0. The Morgan fingerprint density at radius 1 is 1.33 bits per heavy atom. The van der Waals surface area contributed by atoms with Crippen LogP contribution >= 0.6 is 0 Å². The van der Waals surface area contributed by atoms with Gasteiger partial charge in [-0.25, -0.2) is 8.78 Å². The van der Waals surface area contributed by atoms with Crippen molar-refractivity contribution in [1.82, 2.24) is 0 Å². The Labute approximate surface area is 103 Å². The number of nitrogens with zero attached hydrogens (tertiary/aromatic N) is 2. The quantitative estimate of drug-likeness (QED) is 0.603. The van der Waals surface area contributed by atoms with Crippen LogP contribution in [0, 0.1) is 17.0 Å². The van der Waals surface area contributed by atoms with E-state index >= 15 is 0 Å². The normalized spacial score (nSPS) is 18.7. The monoisotopic (exact) mass is 256 g/mol. The minimum absolute atomic E-state index is 0.0265. The van der Waals surface area contributed by atoms with E-state index < -0.39 is 10.8 Å². The molecule has 4 nitrogen and oxygen atoms in total. The number of halogens is 2. The van der Waals surface area contributed by atoms with E-state index in [1.165, 1.54) is 12.1 Å². The maximum absolute atomic E-state index is 13.0. The SMILES string of the molecule is Cc1cc([N+](=O)[O-])ccc1N1CCC(F)(F)CC1. The Balaban J connectivity index is 2.17. The molecule has 0 saturated carbocycles. The predicted octanol–water partition coefficient (Wildman–Crippen LogP) is 3.14. The molecule has 18 heavy (non-hydrogen) atoms. The average Bonchev–Trinajstić information content (AvgIpc) is 2.29. The van der Waals surface area contributed by atoms with E-state index in [4.69, 9.17) is 0 Å². The fraction of sp³-hybridized carbons (Fsp3) is 0.500. The van der Waals surface area contributed by atoms with E-state index in [2.05, 4.69) is 0 Å². The van der Waals surface area contributed by atoms with Crippen LogP contribution < -0.4 is 4.90 Å². The minimum Gasteiger partial charge on any atom is -0.371 e. The number of hydrogen-bond acceptors (Lipinski definition) is 3. The molecular weight excluding hydrogens is 242 g/mol. The number of aryl methyl sites for hydroxylation is 1. The van der Waals surface area contributed by atoms with Gasteiger partial charge < -0.3 is 4.90 Å². The van der Waals surface area contributed by atoms with Crippen molar-refractivity contribution < 1.29 is 13.7 Å². The van der Waals surface area contributed by atoms with Gasteiger partial charge in [-0.2, -0.15) is 0 Å². The second-order valence-corrected chi connectivity index (χ2v) is 4.57. The Bertz CT molecular complexity index is 467. The molecule has 0 unspecified atom stereocenters. The number of rotatable bonds is 2. The van der Waals surface area contributed by atoms with Crippen LogP contribution in [0.1, 0.15) is 18.4 Å². The molecule has 0 aromatic heterocycles. The first kappa shape index (κ1) is 12.7. The van der Waals surface area contributed by atoms with Crippen LogP contribution in [0.15, 0.2) is 18.2 Å². The Morgan fingerprint density at radius 3 is 2.44 bits per heavy atom. The Morgan fingerprint density at radius 2 is 1.94 bits per heavy atom.